The van der Waals surface area contributed by atoms with E-state index in [1.165, 1.54) is 12.2 Å². The van der Waals surface area contributed by atoms with E-state index < -0.39 is 0 Å². The summed E-state index contributed by atoms with van der Waals surface area (Å²) in [5.41, 5.74) is 1.36. The molecule has 0 saturated heterocycles. The molecule has 0 bridgehead atoms. The Labute approximate surface area is 122 Å². The van der Waals surface area contributed by atoms with Gasteiger partial charge in [-0.2, -0.15) is 0 Å². The van der Waals surface area contributed by atoms with Crippen LogP contribution in [0.4, 0.5) is 0 Å². The minimum absolute atomic E-state index is 0.0561. The van der Waals surface area contributed by atoms with Crippen molar-refractivity contribution >= 4 is 29.2 Å². The number of carbonyl (C=O) groups excluding carboxylic acids is 1. The maximum Gasteiger partial charge on any atom is 0.182 e. The lowest BCUT2D eigenvalue weighted by atomic mass is 10.1. The van der Waals surface area contributed by atoms with E-state index in [0.717, 1.165) is 5.56 Å². The SMILES string of the molecule is O=C(/C=C(\O)c1ccccc1)/C=C/c1ccccc1Cl. The second-order valence-electron chi connectivity index (χ2n) is 4.15. The van der Waals surface area contributed by atoms with E-state index in [9.17, 15) is 9.90 Å². The lowest BCUT2D eigenvalue weighted by Gasteiger charge is -1.98. The number of ketones is 1. The van der Waals surface area contributed by atoms with Gasteiger partial charge < -0.3 is 5.11 Å². The Hall–Kier alpha value is -2.32. The molecule has 0 atom stereocenters. The average Bonchev–Trinajstić information content (AvgIpc) is 2.47. The predicted octanol–water partition coefficient (Wildman–Crippen LogP) is 4.52. The summed E-state index contributed by atoms with van der Waals surface area (Å²) in [4.78, 5) is 11.7. The van der Waals surface area contributed by atoms with E-state index >= 15 is 0 Å². The highest BCUT2D eigenvalue weighted by Crippen LogP contribution is 2.16. The molecular formula is C17H13ClO2. The number of hydrogen-bond donors (Lipinski definition) is 1. The van der Waals surface area contributed by atoms with Crippen LogP contribution in [0.1, 0.15) is 11.1 Å². The number of aliphatic hydroxyl groups is 1. The van der Waals surface area contributed by atoms with Gasteiger partial charge in [0, 0.05) is 16.7 Å². The smallest absolute Gasteiger partial charge is 0.182 e. The van der Waals surface area contributed by atoms with Gasteiger partial charge in [0.1, 0.15) is 5.76 Å². The van der Waals surface area contributed by atoms with Gasteiger partial charge in [0.2, 0.25) is 0 Å². The molecule has 0 heterocycles. The first-order valence-electron chi connectivity index (χ1n) is 6.09. The van der Waals surface area contributed by atoms with E-state index in [1.54, 1.807) is 36.4 Å². The van der Waals surface area contributed by atoms with Crippen molar-refractivity contribution in [2.45, 2.75) is 0 Å². The zero-order valence-electron chi connectivity index (χ0n) is 10.7. The molecule has 0 fully saturated rings. The van der Waals surface area contributed by atoms with Crippen LogP contribution >= 0.6 is 11.6 Å². The van der Waals surface area contributed by atoms with Crippen LogP contribution in [0.25, 0.3) is 11.8 Å². The molecule has 2 nitrogen and oxygen atoms in total. The van der Waals surface area contributed by atoms with Gasteiger partial charge in [0.25, 0.3) is 0 Å². The van der Waals surface area contributed by atoms with E-state index in [1.807, 2.05) is 24.3 Å². The quantitative estimate of drug-likeness (QED) is 0.662. The summed E-state index contributed by atoms with van der Waals surface area (Å²) in [6.07, 6.45) is 4.18. The van der Waals surface area contributed by atoms with Gasteiger partial charge in [-0.05, 0) is 23.8 Å². The number of carbonyl (C=O) groups is 1. The third kappa shape index (κ3) is 3.84. The van der Waals surface area contributed by atoms with E-state index in [4.69, 9.17) is 11.6 Å². The minimum Gasteiger partial charge on any atom is -0.507 e. The van der Waals surface area contributed by atoms with Crippen LogP contribution in [-0.4, -0.2) is 10.9 Å². The van der Waals surface area contributed by atoms with Crippen molar-refractivity contribution in [1.82, 2.24) is 0 Å². The van der Waals surface area contributed by atoms with E-state index in [0.29, 0.717) is 10.6 Å². The van der Waals surface area contributed by atoms with Crippen LogP contribution in [0.3, 0.4) is 0 Å². The summed E-state index contributed by atoms with van der Waals surface area (Å²) in [6.45, 7) is 0. The van der Waals surface area contributed by atoms with E-state index in [2.05, 4.69) is 0 Å². The molecule has 0 aliphatic heterocycles. The minimum atomic E-state index is -0.300. The molecule has 0 aromatic heterocycles. The highest BCUT2D eigenvalue weighted by Gasteiger charge is 2.00. The second kappa shape index (κ2) is 6.73. The number of benzene rings is 2. The van der Waals surface area contributed by atoms with Crippen molar-refractivity contribution in [3.05, 3.63) is 82.9 Å². The molecule has 0 amide bonds. The Morgan fingerprint density at radius 2 is 1.65 bits per heavy atom. The van der Waals surface area contributed by atoms with Crippen molar-refractivity contribution in [3.8, 4) is 0 Å². The molecule has 20 heavy (non-hydrogen) atoms. The predicted molar refractivity (Wildman–Crippen MR) is 82.5 cm³/mol. The highest BCUT2D eigenvalue weighted by molar-refractivity contribution is 6.32. The first-order valence-corrected chi connectivity index (χ1v) is 6.47. The molecular weight excluding hydrogens is 272 g/mol. The molecule has 0 unspecified atom stereocenters. The average molecular weight is 285 g/mol. The number of halogens is 1. The topological polar surface area (TPSA) is 37.3 Å². The third-order valence-electron chi connectivity index (χ3n) is 2.68. The Morgan fingerprint density at radius 3 is 2.35 bits per heavy atom. The van der Waals surface area contributed by atoms with Gasteiger partial charge in [-0.1, -0.05) is 60.1 Å². The van der Waals surface area contributed by atoms with Gasteiger partial charge >= 0.3 is 0 Å². The summed E-state index contributed by atoms with van der Waals surface area (Å²) in [5.74, 6) is -0.356. The highest BCUT2D eigenvalue weighted by atomic mass is 35.5. The van der Waals surface area contributed by atoms with Crippen LogP contribution < -0.4 is 0 Å². The summed E-state index contributed by atoms with van der Waals surface area (Å²) >= 11 is 5.98. The maximum atomic E-state index is 11.7. The van der Waals surface area contributed by atoms with Gasteiger partial charge in [-0.3, -0.25) is 4.79 Å². The van der Waals surface area contributed by atoms with Gasteiger partial charge in [-0.15, -0.1) is 0 Å². The first-order chi connectivity index (χ1) is 9.66. The molecule has 1 N–H and O–H groups in total. The summed E-state index contributed by atoms with van der Waals surface area (Å²) < 4.78 is 0. The van der Waals surface area contributed by atoms with Crippen LogP contribution in [-0.2, 0) is 4.79 Å². The second-order valence-corrected chi connectivity index (χ2v) is 4.56. The molecule has 2 aromatic rings. The van der Waals surface area contributed by atoms with Crippen molar-refractivity contribution in [3.63, 3.8) is 0 Å². The first kappa shape index (κ1) is 14.1. The molecule has 0 spiro atoms. The Balaban J connectivity index is 2.12. The van der Waals surface area contributed by atoms with Crippen LogP contribution in [0, 0.1) is 0 Å². The fourth-order valence-electron chi connectivity index (χ4n) is 1.66. The molecule has 2 rings (SSSR count). The van der Waals surface area contributed by atoms with E-state index in [-0.39, 0.29) is 11.5 Å². The zero-order chi connectivity index (χ0) is 14.4. The molecule has 2 aromatic carbocycles. The van der Waals surface area contributed by atoms with Crippen molar-refractivity contribution < 1.29 is 9.90 Å². The largest absolute Gasteiger partial charge is 0.507 e. The van der Waals surface area contributed by atoms with Crippen LogP contribution in [0.2, 0.25) is 5.02 Å². The van der Waals surface area contributed by atoms with Gasteiger partial charge in [0.15, 0.2) is 5.78 Å². The molecule has 0 saturated carbocycles. The lowest BCUT2D eigenvalue weighted by Crippen LogP contribution is -1.90. The molecule has 0 radical (unpaired) electrons. The number of allylic oxidation sites excluding steroid dienone is 2. The monoisotopic (exact) mass is 284 g/mol. The number of hydrogen-bond acceptors (Lipinski definition) is 2. The van der Waals surface area contributed by atoms with Crippen LogP contribution in [0.15, 0.2) is 66.7 Å². The molecule has 3 heteroatoms. The molecule has 100 valence electrons. The Kier molecular flexibility index (Phi) is 4.75. The molecule has 0 aliphatic rings. The Morgan fingerprint density at radius 1 is 1.00 bits per heavy atom. The van der Waals surface area contributed by atoms with Crippen molar-refractivity contribution in [2.75, 3.05) is 0 Å². The fourth-order valence-corrected chi connectivity index (χ4v) is 1.86. The maximum absolute atomic E-state index is 11.7. The molecule has 0 aliphatic carbocycles. The normalized spacial score (nSPS) is 11.8. The number of rotatable bonds is 4. The van der Waals surface area contributed by atoms with Gasteiger partial charge in [0.05, 0.1) is 0 Å². The lowest BCUT2D eigenvalue weighted by molar-refractivity contribution is -0.110. The summed E-state index contributed by atoms with van der Waals surface area (Å²) in [6, 6.07) is 16.1. The summed E-state index contributed by atoms with van der Waals surface area (Å²) in [7, 11) is 0. The van der Waals surface area contributed by atoms with Gasteiger partial charge in [-0.25, -0.2) is 0 Å². The zero-order valence-corrected chi connectivity index (χ0v) is 11.4. The summed E-state index contributed by atoms with van der Waals surface area (Å²) in [5, 5.41) is 10.4. The van der Waals surface area contributed by atoms with Crippen LogP contribution in [0.5, 0.6) is 0 Å². The standard InChI is InChI=1S/C17H13ClO2/c18-16-9-5-4-6-13(16)10-11-15(19)12-17(20)14-7-2-1-3-8-14/h1-12,20H/b11-10+,17-12-. The number of aliphatic hydroxyl groups excluding tert-OH is 1. The Bertz CT molecular complexity index is 658. The fraction of sp³-hybridized carbons (Fsp3) is 0. The van der Waals surface area contributed by atoms with Crippen molar-refractivity contribution in [1.29, 1.82) is 0 Å². The third-order valence-corrected chi connectivity index (χ3v) is 3.03. The van der Waals surface area contributed by atoms with Crippen molar-refractivity contribution in [2.24, 2.45) is 0 Å².